The second kappa shape index (κ2) is 6.79. The molecular formula is C12H14Cl2F3NO. The van der Waals surface area contributed by atoms with Crippen molar-refractivity contribution < 1.29 is 18.3 Å². The summed E-state index contributed by atoms with van der Waals surface area (Å²) in [6.45, 7) is 1.39. The Morgan fingerprint density at radius 3 is 2.47 bits per heavy atom. The third-order valence-corrected chi connectivity index (χ3v) is 3.08. The molecule has 2 unspecified atom stereocenters. The lowest BCUT2D eigenvalue weighted by atomic mass is 10.1. The van der Waals surface area contributed by atoms with E-state index in [1.165, 1.54) is 13.0 Å². The zero-order chi connectivity index (χ0) is 14.6. The van der Waals surface area contributed by atoms with Gasteiger partial charge in [-0.15, -0.1) is 0 Å². The Labute approximate surface area is 119 Å². The van der Waals surface area contributed by atoms with E-state index >= 15 is 0 Å². The van der Waals surface area contributed by atoms with Crippen LogP contribution in [0.25, 0.3) is 0 Å². The molecule has 0 aliphatic heterocycles. The van der Waals surface area contributed by atoms with Crippen molar-refractivity contribution in [2.24, 2.45) is 0 Å². The van der Waals surface area contributed by atoms with Gasteiger partial charge in [-0.25, -0.2) is 0 Å². The maximum absolute atomic E-state index is 12.1. The highest BCUT2D eigenvalue weighted by molar-refractivity contribution is 6.35. The number of hydrogen-bond acceptors (Lipinski definition) is 2. The van der Waals surface area contributed by atoms with Crippen molar-refractivity contribution in [2.75, 3.05) is 6.54 Å². The molecule has 0 radical (unpaired) electrons. The van der Waals surface area contributed by atoms with Crippen LogP contribution in [0.5, 0.6) is 0 Å². The lowest BCUT2D eigenvalue weighted by Crippen LogP contribution is -2.34. The molecule has 108 valence electrons. The molecule has 0 amide bonds. The topological polar surface area (TPSA) is 32.3 Å². The molecule has 0 heterocycles. The monoisotopic (exact) mass is 315 g/mol. The standard InChI is InChI=1S/C12H14Cl2F3NO/c1-7(5-12(15,16)17)18-6-11(19)9-3-2-8(13)4-10(9)14/h2-4,7,11,18-19H,5-6H2,1H3. The third kappa shape index (κ3) is 5.99. The molecule has 1 aromatic carbocycles. The van der Waals surface area contributed by atoms with E-state index in [2.05, 4.69) is 5.32 Å². The molecule has 0 saturated heterocycles. The fraction of sp³-hybridized carbons (Fsp3) is 0.500. The summed E-state index contributed by atoms with van der Waals surface area (Å²) in [6.07, 6.45) is -6.16. The summed E-state index contributed by atoms with van der Waals surface area (Å²) in [5.41, 5.74) is 0.428. The summed E-state index contributed by atoms with van der Waals surface area (Å²) in [5, 5.41) is 13.2. The number of rotatable bonds is 5. The maximum Gasteiger partial charge on any atom is 0.390 e. The van der Waals surface area contributed by atoms with Gasteiger partial charge < -0.3 is 10.4 Å². The quantitative estimate of drug-likeness (QED) is 0.862. The molecule has 19 heavy (non-hydrogen) atoms. The number of alkyl halides is 3. The molecule has 1 aromatic rings. The molecule has 2 atom stereocenters. The van der Waals surface area contributed by atoms with Crippen LogP contribution in [-0.4, -0.2) is 23.9 Å². The molecular weight excluding hydrogens is 302 g/mol. The zero-order valence-corrected chi connectivity index (χ0v) is 11.6. The number of hydrogen-bond donors (Lipinski definition) is 2. The Morgan fingerprint density at radius 1 is 1.32 bits per heavy atom. The first-order valence-corrected chi connectivity index (χ1v) is 6.38. The Balaban J connectivity index is 2.53. The van der Waals surface area contributed by atoms with Crippen LogP contribution >= 0.6 is 23.2 Å². The Kier molecular flexibility index (Phi) is 5.92. The Hall–Kier alpha value is -0.490. The van der Waals surface area contributed by atoms with Crippen LogP contribution in [0.2, 0.25) is 10.0 Å². The van der Waals surface area contributed by atoms with Crippen LogP contribution in [0, 0.1) is 0 Å². The lowest BCUT2D eigenvalue weighted by Gasteiger charge is -2.19. The normalized spacial score (nSPS) is 15.3. The molecule has 1 rings (SSSR count). The average molecular weight is 316 g/mol. The van der Waals surface area contributed by atoms with Gasteiger partial charge in [-0.3, -0.25) is 0 Å². The second-order valence-electron chi connectivity index (χ2n) is 4.31. The van der Waals surface area contributed by atoms with E-state index in [0.717, 1.165) is 0 Å². The minimum absolute atomic E-state index is 0.0153. The number of benzene rings is 1. The molecule has 0 bridgehead atoms. The van der Waals surface area contributed by atoms with Crippen LogP contribution in [-0.2, 0) is 0 Å². The second-order valence-corrected chi connectivity index (χ2v) is 5.15. The van der Waals surface area contributed by atoms with E-state index in [1.807, 2.05) is 0 Å². The van der Waals surface area contributed by atoms with Gasteiger partial charge in [-0.05, 0) is 19.1 Å². The Bertz CT molecular complexity index is 426. The fourth-order valence-corrected chi connectivity index (χ4v) is 2.15. The molecule has 0 aromatic heterocycles. The highest BCUT2D eigenvalue weighted by atomic mass is 35.5. The molecule has 7 heteroatoms. The first-order valence-electron chi connectivity index (χ1n) is 5.62. The van der Waals surface area contributed by atoms with Gasteiger partial charge in [-0.2, -0.15) is 13.2 Å². The van der Waals surface area contributed by atoms with Gasteiger partial charge in [0.1, 0.15) is 0 Å². The van der Waals surface area contributed by atoms with Crippen LogP contribution in [0.1, 0.15) is 25.0 Å². The highest BCUT2D eigenvalue weighted by Gasteiger charge is 2.30. The highest BCUT2D eigenvalue weighted by Crippen LogP contribution is 2.26. The van der Waals surface area contributed by atoms with E-state index in [9.17, 15) is 18.3 Å². The molecule has 0 saturated carbocycles. The number of nitrogens with one attached hydrogen (secondary N) is 1. The predicted octanol–water partition coefficient (Wildman–Crippen LogP) is 3.96. The van der Waals surface area contributed by atoms with Crippen LogP contribution in [0.15, 0.2) is 18.2 Å². The fourth-order valence-electron chi connectivity index (χ4n) is 1.61. The number of aliphatic hydroxyl groups excluding tert-OH is 1. The summed E-state index contributed by atoms with van der Waals surface area (Å²) in [6, 6.07) is 3.80. The SMILES string of the molecule is CC(CC(F)(F)F)NCC(O)c1ccc(Cl)cc1Cl. The number of halogens is 5. The molecule has 0 aliphatic carbocycles. The van der Waals surface area contributed by atoms with Gasteiger partial charge in [0.15, 0.2) is 0 Å². The number of aliphatic hydroxyl groups is 1. The zero-order valence-electron chi connectivity index (χ0n) is 10.1. The largest absolute Gasteiger partial charge is 0.390 e. The minimum Gasteiger partial charge on any atom is -0.387 e. The van der Waals surface area contributed by atoms with Crippen molar-refractivity contribution in [1.29, 1.82) is 0 Å². The molecule has 2 N–H and O–H groups in total. The average Bonchev–Trinajstić information content (AvgIpc) is 2.23. The van der Waals surface area contributed by atoms with Crippen molar-refractivity contribution in [3.8, 4) is 0 Å². The van der Waals surface area contributed by atoms with Gasteiger partial charge in [-0.1, -0.05) is 29.3 Å². The van der Waals surface area contributed by atoms with E-state index in [-0.39, 0.29) is 11.6 Å². The lowest BCUT2D eigenvalue weighted by molar-refractivity contribution is -0.139. The Morgan fingerprint density at radius 2 is 1.95 bits per heavy atom. The van der Waals surface area contributed by atoms with Crippen LogP contribution in [0.3, 0.4) is 0 Å². The van der Waals surface area contributed by atoms with Crippen LogP contribution in [0.4, 0.5) is 13.2 Å². The van der Waals surface area contributed by atoms with E-state index in [1.54, 1.807) is 12.1 Å². The van der Waals surface area contributed by atoms with E-state index in [0.29, 0.717) is 10.6 Å². The maximum atomic E-state index is 12.1. The third-order valence-electron chi connectivity index (χ3n) is 2.52. The van der Waals surface area contributed by atoms with Gasteiger partial charge in [0.2, 0.25) is 0 Å². The summed E-state index contributed by atoms with van der Waals surface area (Å²) in [4.78, 5) is 0. The van der Waals surface area contributed by atoms with Crippen molar-refractivity contribution in [3.05, 3.63) is 33.8 Å². The molecule has 2 nitrogen and oxygen atoms in total. The van der Waals surface area contributed by atoms with E-state index < -0.39 is 24.7 Å². The van der Waals surface area contributed by atoms with Gasteiger partial charge in [0.05, 0.1) is 12.5 Å². The summed E-state index contributed by atoms with van der Waals surface area (Å²) < 4.78 is 36.4. The van der Waals surface area contributed by atoms with Crippen molar-refractivity contribution >= 4 is 23.2 Å². The van der Waals surface area contributed by atoms with Gasteiger partial charge in [0, 0.05) is 28.2 Å². The first kappa shape index (κ1) is 16.6. The van der Waals surface area contributed by atoms with Crippen LogP contribution < -0.4 is 5.32 Å². The predicted molar refractivity (Wildman–Crippen MR) is 69.6 cm³/mol. The molecule has 0 spiro atoms. The van der Waals surface area contributed by atoms with Gasteiger partial charge >= 0.3 is 6.18 Å². The van der Waals surface area contributed by atoms with E-state index in [4.69, 9.17) is 23.2 Å². The summed E-state index contributed by atoms with van der Waals surface area (Å²) in [5.74, 6) is 0. The molecule has 0 fully saturated rings. The van der Waals surface area contributed by atoms with Crippen molar-refractivity contribution in [3.63, 3.8) is 0 Å². The van der Waals surface area contributed by atoms with Crippen molar-refractivity contribution in [1.82, 2.24) is 5.32 Å². The first-order chi connectivity index (χ1) is 8.69. The minimum atomic E-state index is -4.23. The molecule has 0 aliphatic rings. The summed E-state index contributed by atoms with van der Waals surface area (Å²) in [7, 11) is 0. The van der Waals surface area contributed by atoms with Crippen molar-refractivity contribution in [2.45, 2.75) is 31.7 Å². The summed E-state index contributed by atoms with van der Waals surface area (Å²) >= 11 is 11.6. The van der Waals surface area contributed by atoms with Gasteiger partial charge in [0.25, 0.3) is 0 Å². The smallest absolute Gasteiger partial charge is 0.387 e.